The number of benzene rings is 2. The van der Waals surface area contributed by atoms with Crippen molar-refractivity contribution in [3.05, 3.63) is 59.7 Å². The molecule has 2 aromatic rings. The molecule has 0 saturated heterocycles. The molecule has 0 aliphatic carbocycles. The SMILES string of the molecule is CC(=O)c1cccc(-c2ccc(C#N)cc2)c1. The molecule has 0 fully saturated rings. The number of nitrogens with zero attached hydrogens (tertiary/aromatic N) is 1. The van der Waals surface area contributed by atoms with Crippen LogP contribution in [0.1, 0.15) is 22.8 Å². The standard InChI is InChI=1S/C15H11NO/c1-11(17)14-3-2-4-15(9-14)13-7-5-12(10-16)6-8-13/h2-9H,1H3. The molecule has 0 aromatic heterocycles. The van der Waals surface area contributed by atoms with Crippen LogP contribution in [0.4, 0.5) is 0 Å². The van der Waals surface area contributed by atoms with Crippen molar-refractivity contribution >= 4 is 5.78 Å². The summed E-state index contributed by atoms with van der Waals surface area (Å²) in [6.45, 7) is 1.55. The van der Waals surface area contributed by atoms with Crippen molar-refractivity contribution in [1.29, 1.82) is 5.26 Å². The highest BCUT2D eigenvalue weighted by molar-refractivity contribution is 5.95. The molecule has 0 aliphatic heterocycles. The molecule has 0 heterocycles. The van der Waals surface area contributed by atoms with E-state index in [1.54, 1.807) is 25.1 Å². The maximum atomic E-state index is 11.3. The van der Waals surface area contributed by atoms with Crippen molar-refractivity contribution in [3.63, 3.8) is 0 Å². The zero-order chi connectivity index (χ0) is 12.3. The zero-order valence-electron chi connectivity index (χ0n) is 9.47. The Morgan fingerprint density at radius 1 is 1.06 bits per heavy atom. The molecule has 0 saturated carbocycles. The minimum absolute atomic E-state index is 0.0560. The maximum Gasteiger partial charge on any atom is 0.159 e. The number of hydrogen-bond acceptors (Lipinski definition) is 2. The molecule has 0 bridgehead atoms. The highest BCUT2D eigenvalue weighted by Gasteiger charge is 2.02. The van der Waals surface area contributed by atoms with Crippen molar-refractivity contribution in [2.45, 2.75) is 6.92 Å². The molecule has 0 spiro atoms. The molecule has 0 atom stereocenters. The van der Waals surface area contributed by atoms with E-state index in [-0.39, 0.29) is 5.78 Å². The van der Waals surface area contributed by atoms with Gasteiger partial charge in [-0.25, -0.2) is 0 Å². The van der Waals surface area contributed by atoms with E-state index in [1.807, 2.05) is 30.3 Å². The zero-order valence-corrected chi connectivity index (χ0v) is 9.47. The van der Waals surface area contributed by atoms with E-state index < -0.39 is 0 Å². The monoisotopic (exact) mass is 221 g/mol. The van der Waals surface area contributed by atoms with Gasteiger partial charge in [0.1, 0.15) is 0 Å². The third-order valence-corrected chi connectivity index (χ3v) is 2.62. The molecule has 0 radical (unpaired) electrons. The molecule has 2 rings (SSSR count). The summed E-state index contributed by atoms with van der Waals surface area (Å²) in [7, 11) is 0. The van der Waals surface area contributed by atoms with Crippen molar-refractivity contribution < 1.29 is 4.79 Å². The highest BCUT2D eigenvalue weighted by Crippen LogP contribution is 2.21. The lowest BCUT2D eigenvalue weighted by Crippen LogP contribution is -1.91. The number of carbonyl (C=O) groups is 1. The molecule has 2 nitrogen and oxygen atoms in total. The molecular formula is C15H11NO. The molecule has 2 aromatic carbocycles. The first-order valence-electron chi connectivity index (χ1n) is 5.32. The Hall–Kier alpha value is -2.40. The molecule has 82 valence electrons. The van der Waals surface area contributed by atoms with Crippen LogP contribution in [0.25, 0.3) is 11.1 Å². The van der Waals surface area contributed by atoms with Crippen LogP contribution >= 0.6 is 0 Å². The predicted octanol–water partition coefficient (Wildman–Crippen LogP) is 3.43. The lowest BCUT2D eigenvalue weighted by molar-refractivity contribution is 0.101. The molecule has 0 amide bonds. The van der Waals surface area contributed by atoms with E-state index in [0.29, 0.717) is 11.1 Å². The lowest BCUT2D eigenvalue weighted by atomic mass is 10.0. The van der Waals surface area contributed by atoms with Gasteiger partial charge in [-0.05, 0) is 36.2 Å². The average molecular weight is 221 g/mol. The number of rotatable bonds is 2. The molecule has 0 unspecified atom stereocenters. The fraction of sp³-hybridized carbons (Fsp3) is 0.0667. The van der Waals surface area contributed by atoms with Crippen molar-refractivity contribution in [2.75, 3.05) is 0 Å². The second-order valence-corrected chi connectivity index (χ2v) is 3.83. The first-order chi connectivity index (χ1) is 8.20. The van der Waals surface area contributed by atoms with Crippen LogP contribution in [0, 0.1) is 11.3 Å². The summed E-state index contributed by atoms with van der Waals surface area (Å²) in [6, 6.07) is 16.9. The van der Waals surface area contributed by atoms with Crippen LogP contribution < -0.4 is 0 Å². The van der Waals surface area contributed by atoms with Gasteiger partial charge < -0.3 is 0 Å². The van der Waals surface area contributed by atoms with E-state index >= 15 is 0 Å². The Kier molecular flexibility index (Phi) is 3.02. The fourth-order valence-electron chi connectivity index (χ4n) is 1.65. The number of carbonyl (C=O) groups excluding carboxylic acids is 1. The first kappa shape index (κ1) is 11.1. The van der Waals surface area contributed by atoms with Crippen molar-refractivity contribution in [2.24, 2.45) is 0 Å². The van der Waals surface area contributed by atoms with Gasteiger partial charge in [-0.3, -0.25) is 4.79 Å². The van der Waals surface area contributed by atoms with Gasteiger partial charge in [0.05, 0.1) is 11.6 Å². The Morgan fingerprint density at radius 2 is 1.76 bits per heavy atom. The largest absolute Gasteiger partial charge is 0.295 e. The molecule has 0 N–H and O–H groups in total. The normalized spacial score (nSPS) is 9.65. The van der Waals surface area contributed by atoms with E-state index in [2.05, 4.69) is 6.07 Å². The van der Waals surface area contributed by atoms with E-state index in [1.165, 1.54) is 0 Å². The number of nitriles is 1. The fourth-order valence-corrected chi connectivity index (χ4v) is 1.65. The van der Waals surface area contributed by atoms with Crippen LogP contribution in [-0.4, -0.2) is 5.78 Å². The Bertz CT molecular complexity index is 591. The third-order valence-electron chi connectivity index (χ3n) is 2.62. The van der Waals surface area contributed by atoms with Gasteiger partial charge in [0.25, 0.3) is 0 Å². The van der Waals surface area contributed by atoms with Crippen LogP contribution in [-0.2, 0) is 0 Å². The van der Waals surface area contributed by atoms with Crippen molar-refractivity contribution in [3.8, 4) is 17.2 Å². The molecule has 2 heteroatoms. The predicted molar refractivity (Wildman–Crippen MR) is 66.6 cm³/mol. The summed E-state index contributed by atoms with van der Waals surface area (Å²) >= 11 is 0. The smallest absolute Gasteiger partial charge is 0.159 e. The average Bonchev–Trinajstić information content (AvgIpc) is 2.39. The number of hydrogen-bond donors (Lipinski definition) is 0. The van der Waals surface area contributed by atoms with Gasteiger partial charge in [0.15, 0.2) is 5.78 Å². The molecule has 17 heavy (non-hydrogen) atoms. The van der Waals surface area contributed by atoms with Gasteiger partial charge in [0.2, 0.25) is 0 Å². The summed E-state index contributed by atoms with van der Waals surface area (Å²) in [6.07, 6.45) is 0. The second kappa shape index (κ2) is 4.63. The van der Waals surface area contributed by atoms with Gasteiger partial charge in [-0.2, -0.15) is 5.26 Å². The van der Waals surface area contributed by atoms with Gasteiger partial charge in [-0.1, -0.05) is 30.3 Å². The second-order valence-electron chi connectivity index (χ2n) is 3.83. The first-order valence-corrected chi connectivity index (χ1v) is 5.32. The van der Waals surface area contributed by atoms with Crippen LogP contribution in [0.3, 0.4) is 0 Å². The number of Topliss-reactive ketones (excluding diaryl/α,β-unsaturated/α-hetero) is 1. The Balaban J connectivity index is 2.42. The van der Waals surface area contributed by atoms with Gasteiger partial charge in [-0.15, -0.1) is 0 Å². The quantitative estimate of drug-likeness (QED) is 0.729. The minimum atomic E-state index is 0.0560. The van der Waals surface area contributed by atoms with E-state index in [9.17, 15) is 4.79 Å². The summed E-state index contributed by atoms with van der Waals surface area (Å²) in [4.78, 5) is 11.3. The van der Waals surface area contributed by atoms with Crippen molar-refractivity contribution in [1.82, 2.24) is 0 Å². The lowest BCUT2D eigenvalue weighted by Gasteiger charge is -2.03. The van der Waals surface area contributed by atoms with Crippen LogP contribution in [0.2, 0.25) is 0 Å². The van der Waals surface area contributed by atoms with Crippen LogP contribution in [0.15, 0.2) is 48.5 Å². The number of ketones is 1. The van der Waals surface area contributed by atoms with E-state index in [4.69, 9.17) is 5.26 Å². The molecular weight excluding hydrogens is 210 g/mol. The van der Waals surface area contributed by atoms with E-state index in [0.717, 1.165) is 11.1 Å². The summed E-state index contributed by atoms with van der Waals surface area (Å²) in [5.41, 5.74) is 3.33. The maximum absolute atomic E-state index is 11.3. The summed E-state index contributed by atoms with van der Waals surface area (Å²) in [5, 5.41) is 8.72. The summed E-state index contributed by atoms with van der Waals surface area (Å²) in [5.74, 6) is 0.0560. The summed E-state index contributed by atoms with van der Waals surface area (Å²) < 4.78 is 0. The highest BCUT2D eigenvalue weighted by atomic mass is 16.1. The Morgan fingerprint density at radius 3 is 2.35 bits per heavy atom. The Labute approximate surface area is 100 Å². The molecule has 0 aliphatic rings. The van der Waals surface area contributed by atoms with Gasteiger partial charge in [0, 0.05) is 5.56 Å². The topological polar surface area (TPSA) is 40.9 Å². The third kappa shape index (κ3) is 2.40. The van der Waals surface area contributed by atoms with Crippen LogP contribution in [0.5, 0.6) is 0 Å². The minimum Gasteiger partial charge on any atom is -0.295 e. The van der Waals surface area contributed by atoms with Gasteiger partial charge >= 0.3 is 0 Å².